The molecule has 0 saturated carbocycles. The fourth-order valence-corrected chi connectivity index (χ4v) is 9.78. The number of rotatable bonds is 55. The molecule has 4 N–H and O–H groups in total. The Kier molecular flexibility index (Phi) is 48.5. The molecule has 1 heterocycles. The van der Waals surface area contributed by atoms with Gasteiger partial charge in [0.25, 0.3) is 0 Å². The Morgan fingerprint density at radius 2 is 0.574 bits per heavy atom. The lowest BCUT2D eigenvalue weighted by Gasteiger charge is -2.41. The van der Waals surface area contributed by atoms with Crippen LogP contribution in [0.1, 0.15) is 290 Å². The minimum Gasteiger partial charge on any atom is -0.394 e. The summed E-state index contributed by atoms with van der Waals surface area (Å²) in [5.41, 5.74) is -0.666. The van der Waals surface area contributed by atoms with Crippen LogP contribution in [-0.4, -0.2) is 104 Å². The van der Waals surface area contributed by atoms with Crippen molar-refractivity contribution in [3.63, 3.8) is 0 Å². The van der Waals surface area contributed by atoms with Gasteiger partial charge in [-0.25, -0.2) is 0 Å². The van der Waals surface area contributed by atoms with Crippen molar-refractivity contribution in [2.75, 3.05) is 52.9 Å². The van der Waals surface area contributed by atoms with E-state index in [2.05, 4.69) is 20.8 Å². The second-order valence-corrected chi connectivity index (χ2v) is 21.5. The third-order valence-electron chi connectivity index (χ3n) is 14.6. The SMILES string of the molecule is CCCCCCCCCCCCCCCCOCC(COCCCCCCCCCCCCCCCC)(COCCCCCCCCCCCCCCCC)CO[C@@H]1O[C@H](CO)[C@H](O)[C@H](O)[C@H]1O. The van der Waals surface area contributed by atoms with Crippen molar-refractivity contribution >= 4 is 0 Å². The van der Waals surface area contributed by atoms with Gasteiger partial charge in [-0.15, -0.1) is 0 Å². The fourth-order valence-electron chi connectivity index (χ4n) is 9.78. The Labute approximate surface area is 422 Å². The van der Waals surface area contributed by atoms with Gasteiger partial charge in [0.1, 0.15) is 24.4 Å². The van der Waals surface area contributed by atoms with Crippen LogP contribution in [0.5, 0.6) is 0 Å². The lowest BCUT2D eigenvalue weighted by molar-refractivity contribution is -0.309. The van der Waals surface area contributed by atoms with Gasteiger partial charge >= 0.3 is 0 Å². The summed E-state index contributed by atoms with van der Waals surface area (Å²) in [5, 5.41) is 41.7. The Morgan fingerprint density at radius 1 is 0.324 bits per heavy atom. The van der Waals surface area contributed by atoms with Crippen molar-refractivity contribution in [2.45, 2.75) is 321 Å². The van der Waals surface area contributed by atoms with Crippen LogP contribution in [0.2, 0.25) is 0 Å². The maximum absolute atomic E-state index is 10.9. The Hall–Kier alpha value is -0.360. The van der Waals surface area contributed by atoms with Crippen LogP contribution >= 0.6 is 0 Å². The molecule has 408 valence electrons. The third kappa shape index (κ3) is 38.3. The molecule has 68 heavy (non-hydrogen) atoms. The quantitative estimate of drug-likeness (QED) is 0.0441. The molecule has 0 spiro atoms. The Morgan fingerprint density at radius 3 is 0.824 bits per heavy atom. The number of aliphatic hydroxyl groups is 4. The first-order valence-corrected chi connectivity index (χ1v) is 30.1. The standard InChI is InChI=1S/C59H118O9/c1-4-7-10-13-16-19-22-25-28-31-34-37-40-43-46-64-50-59(53-67-58-57(63)56(62)55(61)54(49-60)68-58,51-65-47-44-41-38-35-32-29-26-23-20-17-14-11-8-5-2)52-66-48-45-42-39-36-33-30-27-24-21-18-15-12-9-6-3/h54-58,60-63H,4-53H2,1-3H3/t54-,55+,56+,57-,58-/m1/s1. The predicted octanol–water partition coefficient (Wildman–Crippen LogP) is 15.3. The van der Waals surface area contributed by atoms with E-state index in [9.17, 15) is 20.4 Å². The molecule has 1 aliphatic heterocycles. The van der Waals surface area contributed by atoms with E-state index in [1.54, 1.807) is 0 Å². The molecule has 0 unspecified atom stereocenters. The second-order valence-electron chi connectivity index (χ2n) is 21.5. The molecule has 1 saturated heterocycles. The maximum Gasteiger partial charge on any atom is 0.186 e. The van der Waals surface area contributed by atoms with Crippen LogP contribution in [-0.2, 0) is 23.7 Å². The average molecular weight is 972 g/mol. The van der Waals surface area contributed by atoms with Crippen LogP contribution in [0, 0.1) is 5.41 Å². The van der Waals surface area contributed by atoms with Crippen LogP contribution < -0.4 is 0 Å². The molecule has 0 aromatic heterocycles. The van der Waals surface area contributed by atoms with E-state index in [-0.39, 0.29) is 6.61 Å². The van der Waals surface area contributed by atoms with Crippen molar-refractivity contribution in [1.29, 1.82) is 0 Å². The van der Waals surface area contributed by atoms with Gasteiger partial charge in [0.2, 0.25) is 0 Å². The molecule has 1 fully saturated rings. The zero-order chi connectivity index (χ0) is 49.3. The minimum atomic E-state index is -1.50. The number of ether oxygens (including phenoxy) is 5. The monoisotopic (exact) mass is 971 g/mol. The Bertz CT molecular complexity index is 896. The summed E-state index contributed by atoms with van der Waals surface area (Å²) in [4.78, 5) is 0. The van der Waals surface area contributed by atoms with Gasteiger partial charge in [0.15, 0.2) is 6.29 Å². The lowest BCUT2D eigenvalue weighted by Crippen LogP contribution is -2.59. The molecule has 5 atom stereocenters. The summed E-state index contributed by atoms with van der Waals surface area (Å²) in [7, 11) is 0. The smallest absolute Gasteiger partial charge is 0.186 e. The minimum absolute atomic E-state index is 0.117. The fraction of sp³-hybridized carbons (Fsp3) is 1.00. The first kappa shape index (κ1) is 65.7. The molecule has 0 aromatic carbocycles. The highest BCUT2D eigenvalue weighted by molar-refractivity contribution is 4.90. The summed E-state index contributed by atoms with van der Waals surface area (Å²) < 4.78 is 31.3. The molecule has 9 heteroatoms. The van der Waals surface area contributed by atoms with E-state index in [0.717, 1.165) is 38.5 Å². The van der Waals surface area contributed by atoms with Gasteiger partial charge in [-0.3, -0.25) is 0 Å². The van der Waals surface area contributed by atoms with E-state index < -0.39 is 42.7 Å². The van der Waals surface area contributed by atoms with E-state index in [1.807, 2.05) is 0 Å². The van der Waals surface area contributed by atoms with Crippen molar-refractivity contribution in [3.8, 4) is 0 Å². The van der Waals surface area contributed by atoms with Crippen LogP contribution in [0.25, 0.3) is 0 Å². The van der Waals surface area contributed by atoms with Gasteiger partial charge in [0.05, 0.1) is 38.4 Å². The van der Waals surface area contributed by atoms with Gasteiger partial charge in [0, 0.05) is 19.8 Å². The first-order valence-electron chi connectivity index (χ1n) is 30.1. The number of aliphatic hydroxyl groups excluding tert-OH is 4. The average Bonchev–Trinajstić information content (AvgIpc) is 3.35. The maximum atomic E-state index is 10.9. The molecule has 0 aromatic rings. The molecule has 1 aliphatic rings. The van der Waals surface area contributed by atoms with Crippen molar-refractivity contribution < 1.29 is 44.1 Å². The number of unbranched alkanes of at least 4 members (excludes halogenated alkanes) is 39. The second kappa shape index (κ2) is 50.2. The summed E-state index contributed by atoms with van der Waals surface area (Å²) in [6, 6.07) is 0. The molecule has 0 radical (unpaired) electrons. The largest absolute Gasteiger partial charge is 0.394 e. The molecular formula is C59H118O9. The highest BCUT2D eigenvalue weighted by Gasteiger charge is 2.45. The molecule has 9 nitrogen and oxygen atoms in total. The van der Waals surface area contributed by atoms with E-state index in [4.69, 9.17) is 23.7 Å². The zero-order valence-electron chi connectivity index (χ0n) is 45.6. The van der Waals surface area contributed by atoms with Crippen LogP contribution in [0.15, 0.2) is 0 Å². The molecule has 0 amide bonds. The predicted molar refractivity (Wildman–Crippen MR) is 286 cm³/mol. The normalized spacial score (nSPS) is 18.8. The third-order valence-corrected chi connectivity index (χ3v) is 14.6. The lowest BCUT2D eigenvalue weighted by atomic mass is 9.91. The van der Waals surface area contributed by atoms with Crippen LogP contribution in [0.3, 0.4) is 0 Å². The summed E-state index contributed by atoms with van der Waals surface area (Å²) >= 11 is 0. The number of hydrogen-bond donors (Lipinski definition) is 4. The molecular weight excluding hydrogens is 853 g/mol. The highest BCUT2D eigenvalue weighted by Crippen LogP contribution is 2.28. The van der Waals surface area contributed by atoms with Gasteiger partial charge in [-0.05, 0) is 19.3 Å². The molecule has 1 rings (SSSR count). The van der Waals surface area contributed by atoms with Crippen molar-refractivity contribution in [2.24, 2.45) is 5.41 Å². The van der Waals surface area contributed by atoms with E-state index in [1.165, 1.54) is 231 Å². The van der Waals surface area contributed by atoms with Gasteiger partial charge in [-0.2, -0.15) is 0 Å². The highest BCUT2D eigenvalue weighted by atomic mass is 16.7. The molecule has 0 aliphatic carbocycles. The van der Waals surface area contributed by atoms with Gasteiger partial charge in [-0.1, -0.05) is 271 Å². The van der Waals surface area contributed by atoms with Gasteiger partial charge < -0.3 is 44.1 Å². The summed E-state index contributed by atoms with van der Waals surface area (Å²) in [5.74, 6) is 0. The first-order chi connectivity index (χ1) is 33.4. The summed E-state index contributed by atoms with van der Waals surface area (Å²) in [6.07, 6.45) is 48.5. The molecule has 0 bridgehead atoms. The zero-order valence-corrected chi connectivity index (χ0v) is 45.6. The number of hydrogen-bond acceptors (Lipinski definition) is 9. The van der Waals surface area contributed by atoms with E-state index >= 15 is 0 Å². The Balaban J connectivity index is 2.67. The van der Waals surface area contributed by atoms with E-state index in [0.29, 0.717) is 39.6 Å². The summed E-state index contributed by atoms with van der Waals surface area (Å²) in [6.45, 7) is 9.54. The topological polar surface area (TPSA) is 127 Å². The van der Waals surface area contributed by atoms with Crippen molar-refractivity contribution in [3.05, 3.63) is 0 Å². The van der Waals surface area contributed by atoms with Crippen molar-refractivity contribution in [1.82, 2.24) is 0 Å². The van der Waals surface area contributed by atoms with Crippen LogP contribution in [0.4, 0.5) is 0 Å².